The highest BCUT2D eigenvalue weighted by Crippen LogP contribution is 2.19. The Bertz CT molecular complexity index is 565. The van der Waals surface area contributed by atoms with Crippen LogP contribution in [0, 0.1) is 0 Å². The Morgan fingerprint density at radius 3 is 2.94 bits per heavy atom. The summed E-state index contributed by atoms with van der Waals surface area (Å²) in [5.74, 6) is 0.677. The van der Waals surface area contributed by atoms with Crippen molar-refractivity contribution >= 4 is 22.5 Å². The first kappa shape index (κ1) is 11.0. The number of aromatic nitrogens is 1. The Morgan fingerprint density at radius 2 is 2.19 bits per heavy atom. The van der Waals surface area contributed by atoms with Gasteiger partial charge in [0.2, 0.25) is 0 Å². The van der Waals surface area contributed by atoms with E-state index in [1.165, 1.54) is 0 Å². The first-order valence-electron chi connectivity index (χ1n) is 4.86. The van der Waals surface area contributed by atoms with Crippen molar-refractivity contribution in [2.24, 2.45) is 5.73 Å². The third-order valence-electron chi connectivity index (χ3n) is 2.16. The number of benzene rings is 1. The van der Waals surface area contributed by atoms with Crippen molar-refractivity contribution in [3.8, 4) is 5.75 Å². The van der Waals surface area contributed by atoms with Gasteiger partial charge in [-0.25, -0.2) is 0 Å². The van der Waals surface area contributed by atoms with Crippen molar-refractivity contribution in [3.63, 3.8) is 0 Å². The van der Waals surface area contributed by atoms with Crippen LogP contribution in [-0.4, -0.2) is 18.1 Å². The number of aromatic amines is 1. The van der Waals surface area contributed by atoms with Crippen LogP contribution in [0.15, 0.2) is 29.1 Å². The molecule has 0 spiro atoms. The van der Waals surface area contributed by atoms with Crippen molar-refractivity contribution < 1.29 is 4.74 Å². The molecule has 2 aromatic rings. The van der Waals surface area contributed by atoms with Gasteiger partial charge in [0, 0.05) is 12.6 Å². The molecule has 0 atom stereocenters. The molecule has 16 heavy (non-hydrogen) atoms. The maximum Gasteiger partial charge on any atom is 0.267 e. The molecule has 0 aliphatic rings. The second-order valence-electron chi connectivity index (χ2n) is 3.33. The molecule has 0 fully saturated rings. The number of fused-ring (bicyclic) bond motifs is 1. The molecule has 2 rings (SSSR count). The third-order valence-corrected chi connectivity index (χ3v) is 2.44. The van der Waals surface area contributed by atoms with Gasteiger partial charge >= 0.3 is 0 Å². The first-order valence-corrected chi connectivity index (χ1v) is 5.24. The van der Waals surface area contributed by atoms with Crippen molar-refractivity contribution in [2.75, 3.05) is 13.2 Å². The van der Waals surface area contributed by atoms with E-state index in [0.717, 1.165) is 5.39 Å². The lowest BCUT2D eigenvalue weighted by Gasteiger charge is -2.05. The summed E-state index contributed by atoms with van der Waals surface area (Å²) in [5.41, 5.74) is 5.73. The van der Waals surface area contributed by atoms with Gasteiger partial charge in [0.1, 0.15) is 17.4 Å². The predicted octanol–water partition coefficient (Wildman–Crippen LogP) is 1.52. The van der Waals surface area contributed by atoms with Crippen molar-refractivity contribution in [3.05, 3.63) is 39.6 Å². The molecule has 0 bridgehead atoms. The highest BCUT2D eigenvalue weighted by atomic mass is 35.5. The van der Waals surface area contributed by atoms with Crippen LogP contribution in [0.1, 0.15) is 0 Å². The SMILES string of the molecule is NCCOc1ccc2cc(Cl)c(=O)[nH]c2c1. The summed E-state index contributed by atoms with van der Waals surface area (Å²) in [5, 5.41) is 1.05. The number of nitrogens with one attached hydrogen (secondary N) is 1. The Kier molecular flexibility index (Phi) is 3.12. The van der Waals surface area contributed by atoms with Gasteiger partial charge in [0.25, 0.3) is 5.56 Å². The molecule has 0 aliphatic carbocycles. The summed E-state index contributed by atoms with van der Waals surface area (Å²) in [6, 6.07) is 7.03. The molecule has 0 saturated heterocycles. The van der Waals surface area contributed by atoms with Crippen molar-refractivity contribution in [1.29, 1.82) is 0 Å². The number of rotatable bonds is 3. The van der Waals surface area contributed by atoms with Crippen LogP contribution in [0.2, 0.25) is 5.02 Å². The molecule has 3 N–H and O–H groups in total. The Labute approximate surface area is 97.0 Å². The van der Waals surface area contributed by atoms with Crippen LogP contribution < -0.4 is 16.0 Å². The normalized spacial score (nSPS) is 10.6. The van der Waals surface area contributed by atoms with Crippen LogP contribution in [0.5, 0.6) is 5.75 Å². The molecular weight excluding hydrogens is 228 g/mol. The minimum absolute atomic E-state index is 0.183. The molecule has 0 saturated carbocycles. The molecular formula is C11H11ClN2O2. The van der Waals surface area contributed by atoms with Crippen LogP contribution in [-0.2, 0) is 0 Å². The molecule has 0 radical (unpaired) electrons. The summed E-state index contributed by atoms with van der Waals surface area (Å²) in [7, 11) is 0. The fourth-order valence-electron chi connectivity index (χ4n) is 1.42. The van der Waals surface area contributed by atoms with Gasteiger partial charge in [-0.2, -0.15) is 0 Å². The van der Waals surface area contributed by atoms with Crippen molar-refractivity contribution in [1.82, 2.24) is 4.98 Å². The van der Waals surface area contributed by atoms with Gasteiger partial charge in [-0.05, 0) is 23.6 Å². The van der Waals surface area contributed by atoms with Crippen LogP contribution in [0.25, 0.3) is 10.9 Å². The second-order valence-corrected chi connectivity index (χ2v) is 3.74. The lowest BCUT2D eigenvalue weighted by Crippen LogP contribution is -2.10. The lowest BCUT2D eigenvalue weighted by atomic mass is 10.2. The summed E-state index contributed by atoms with van der Waals surface area (Å²) < 4.78 is 5.35. The molecule has 5 heteroatoms. The zero-order valence-electron chi connectivity index (χ0n) is 8.50. The third kappa shape index (κ3) is 2.18. The van der Waals surface area contributed by atoms with Crippen LogP contribution in [0.3, 0.4) is 0 Å². The van der Waals surface area contributed by atoms with E-state index in [-0.39, 0.29) is 10.6 Å². The number of ether oxygens (including phenoxy) is 1. The zero-order chi connectivity index (χ0) is 11.5. The van der Waals surface area contributed by atoms with Gasteiger partial charge in [-0.15, -0.1) is 0 Å². The van der Waals surface area contributed by atoms with Gasteiger partial charge in [-0.3, -0.25) is 4.79 Å². The average Bonchev–Trinajstić information content (AvgIpc) is 2.28. The van der Waals surface area contributed by atoms with E-state index in [1.54, 1.807) is 12.1 Å². The molecule has 4 nitrogen and oxygen atoms in total. The van der Waals surface area contributed by atoms with Crippen LogP contribution in [0.4, 0.5) is 0 Å². The fourth-order valence-corrected chi connectivity index (χ4v) is 1.58. The number of H-pyrrole nitrogens is 1. The summed E-state index contributed by atoms with van der Waals surface area (Å²) >= 11 is 5.72. The standard InChI is InChI=1S/C11H11ClN2O2/c12-9-5-7-1-2-8(16-4-3-13)6-10(7)14-11(9)15/h1-2,5-6H,3-4,13H2,(H,14,15). The van der Waals surface area contributed by atoms with Gasteiger partial charge < -0.3 is 15.5 Å². The van der Waals surface area contributed by atoms with Crippen LogP contribution >= 0.6 is 11.6 Å². The minimum atomic E-state index is -0.301. The molecule has 0 aliphatic heterocycles. The van der Waals surface area contributed by atoms with E-state index in [4.69, 9.17) is 22.1 Å². The van der Waals surface area contributed by atoms with E-state index in [0.29, 0.717) is 24.4 Å². The quantitative estimate of drug-likeness (QED) is 0.852. The molecule has 0 unspecified atom stereocenters. The lowest BCUT2D eigenvalue weighted by molar-refractivity contribution is 0.328. The summed E-state index contributed by atoms with van der Waals surface area (Å²) in [6.45, 7) is 0.901. The van der Waals surface area contributed by atoms with E-state index in [2.05, 4.69) is 4.98 Å². The maximum absolute atomic E-state index is 11.3. The van der Waals surface area contributed by atoms with Gasteiger partial charge in [0.05, 0.1) is 5.52 Å². The Balaban J connectivity index is 2.45. The molecule has 1 aromatic heterocycles. The highest BCUT2D eigenvalue weighted by Gasteiger charge is 2.01. The van der Waals surface area contributed by atoms with E-state index in [9.17, 15) is 4.79 Å². The number of hydrogen-bond acceptors (Lipinski definition) is 3. The van der Waals surface area contributed by atoms with Gasteiger partial charge in [-0.1, -0.05) is 11.6 Å². The molecule has 84 valence electrons. The smallest absolute Gasteiger partial charge is 0.267 e. The van der Waals surface area contributed by atoms with E-state index < -0.39 is 0 Å². The highest BCUT2D eigenvalue weighted by molar-refractivity contribution is 6.31. The van der Waals surface area contributed by atoms with E-state index in [1.807, 2.05) is 12.1 Å². The van der Waals surface area contributed by atoms with Crippen molar-refractivity contribution in [2.45, 2.75) is 0 Å². The summed E-state index contributed by atoms with van der Waals surface area (Å²) in [4.78, 5) is 14.0. The first-order chi connectivity index (χ1) is 7.70. The average molecular weight is 239 g/mol. The summed E-state index contributed by atoms with van der Waals surface area (Å²) in [6.07, 6.45) is 0. The largest absolute Gasteiger partial charge is 0.492 e. The number of nitrogens with two attached hydrogens (primary N) is 1. The Morgan fingerprint density at radius 1 is 1.38 bits per heavy atom. The topological polar surface area (TPSA) is 68.1 Å². The van der Waals surface area contributed by atoms with Gasteiger partial charge in [0.15, 0.2) is 0 Å². The van der Waals surface area contributed by atoms with E-state index >= 15 is 0 Å². The predicted molar refractivity (Wildman–Crippen MR) is 64.1 cm³/mol. The molecule has 1 heterocycles. The monoisotopic (exact) mass is 238 g/mol. The number of halogens is 1. The second kappa shape index (κ2) is 4.55. The minimum Gasteiger partial charge on any atom is -0.492 e. The fraction of sp³-hybridized carbons (Fsp3) is 0.182. The number of hydrogen-bond donors (Lipinski definition) is 2. The Hall–Kier alpha value is -1.52. The molecule has 0 amide bonds. The zero-order valence-corrected chi connectivity index (χ0v) is 9.25. The molecule has 1 aromatic carbocycles. The maximum atomic E-state index is 11.3. The number of pyridine rings is 1.